The molecule has 0 radical (unpaired) electrons. The zero-order chi connectivity index (χ0) is 25.9. The number of carboxylic acids is 1. The highest BCUT2D eigenvalue weighted by Gasteiger charge is 2.39. The Morgan fingerprint density at radius 2 is 1.86 bits per heavy atom. The first-order valence-corrected chi connectivity index (χ1v) is 13.3. The summed E-state index contributed by atoms with van der Waals surface area (Å²) in [4.78, 5) is 43.6. The van der Waals surface area contributed by atoms with Crippen LogP contribution in [0.1, 0.15) is 81.8 Å². The number of ether oxygens (including phenoxy) is 1. The highest BCUT2D eigenvalue weighted by molar-refractivity contribution is 7.15. The Kier molecular flexibility index (Phi) is 8.66. The van der Waals surface area contributed by atoms with E-state index >= 15 is 0 Å². The summed E-state index contributed by atoms with van der Waals surface area (Å²) in [6.45, 7) is 13.1. The molecule has 1 aliphatic heterocycles. The van der Waals surface area contributed by atoms with Crippen LogP contribution in [-0.4, -0.2) is 59.6 Å². The molecule has 35 heavy (non-hydrogen) atoms. The maximum Gasteiger partial charge on any atom is 0.348 e. The van der Waals surface area contributed by atoms with E-state index in [4.69, 9.17) is 4.74 Å². The highest BCUT2D eigenvalue weighted by atomic mass is 32.1. The second-order valence-corrected chi connectivity index (χ2v) is 12.0. The molecule has 2 heterocycles. The van der Waals surface area contributed by atoms with Crippen molar-refractivity contribution in [2.45, 2.75) is 79.3 Å². The minimum atomic E-state index is -1.12. The predicted octanol–water partition coefficient (Wildman–Crippen LogP) is 4.64. The summed E-state index contributed by atoms with van der Waals surface area (Å²) >= 11 is 1.05. The van der Waals surface area contributed by atoms with Gasteiger partial charge in [0, 0.05) is 17.9 Å². The van der Waals surface area contributed by atoms with Gasteiger partial charge in [-0.25, -0.2) is 4.79 Å². The fraction of sp³-hybridized carbons (Fsp3) is 0.667. The molecule has 2 aliphatic rings. The van der Waals surface area contributed by atoms with Gasteiger partial charge in [0.25, 0.3) is 0 Å². The van der Waals surface area contributed by atoms with E-state index in [0.717, 1.165) is 37.0 Å². The molecule has 1 aliphatic carbocycles. The third kappa shape index (κ3) is 6.65. The van der Waals surface area contributed by atoms with Gasteiger partial charge in [-0.2, -0.15) is 0 Å². The Morgan fingerprint density at radius 3 is 2.43 bits per heavy atom. The Hall–Kier alpha value is -2.37. The molecule has 1 aromatic heterocycles. The molecule has 192 valence electrons. The number of carbonyl (C=O) groups excluding carboxylic acids is 2. The van der Waals surface area contributed by atoms with Crippen molar-refractivity contribution in [2.75, 3.05) is 24.7 Å². The maximum absolute atomic E-state index is 13.9. The minimum Gasteiger partial charge on any atom is -0.477 e. The van der Waals surface area contributed by atoms with E-state index in [9.17, 15) is 19.5 Å². The van der Waals surface area contributed by atoms with Gasteiger partial charge in [0.05, 0.1) is 29.8 Å². The first kappa shape index (κ1) is 27.2. The molecule has 0 spiro atoms. The van der Waals surface area contributed by atoms with Crippen LogP contribution < -0.4 is 4.90 Å². The number of anilines is 1. The number of morpholine rings is 1. The molecule has 1 saturated heterocycles. The van der Waals surface area contributed by atoms with Crippen LogP contribution in [0.15, 0.2) is 6.07 Å². The fourth-order valence-electron chi connectivity index (χ4n) is 4.65. The van der Waals surface area contributed by atoms with Crippen molar-refractivity contribution in [3.05, 3.63) is 15.8 Å². The van der Waals surface area contributed by atoms with Gasteiger partial charge in [-0.1, -0.05) is 18.8 Å². The number of thiophene rings is 1. The largest absolute Gasteiger partial charge is 0.477 e. The van der Waals surface area contributed by atoms with Gasteiger partial charge >= 0.3 is 5.97 Å². The predicted molar refractivity (Wildman–Crippen MR) is 138 cm³/mol. The summed E-state index contributed by atoms with van der Waals surface area (Å²) in [6, 6.07) is 0.724. The topological polar surface area (TPSA) is 87.2 Å². The molecule has 1 unspecified atom stereocenters. The molecular weight excluding hydrogens is 464 g/mol. The summed E-state index contributed by atoms with van der Waals surface area (Å²) in [5, 5.41) is 10.0. The number of aromatic carboxylic acids is 1. The van der Waals surface area contributed by atoms with Crippen LogP contribution >= 0.6 is 11.3 Å². The normalized spacial score (nSPS) is 23.7. The van der Waals surface area contributed by atoms with Crippen molar-refractivity contribution in [3.63, 3.8) is 0 Å². The summed E-state index contributed by atoms with van der Waals surface area (Å²) in [5.74, 6) is 5.06. The molecule has 1 saturated carbocycles. The number of carbonyl (C=O) groups is 3. The van der Waals surface area contributed by atoms with Crippen molar-refractivity contribution in [1.29, 1.82) is 0 Å². The molecule has 2 atom stereocenters. The number of hydrogen-bond acceptors (Lipinski definition) is 5. The van der Waals surface area contributed by atoms with E-state index in [1.165, 1.54) is 4.90 Å². The van der Waals surface area contributed by atoms with Crippen LogP contribution in [0.25, 0.3) is 0 Å². The molecular formula is C27H38N2O5S. The van der Waals surface area contributed by atoms with Crippen LogP contribution in [0.4, 0.5) is 5.69 Å². The van der Waals surface area contributed by atoms with E-state index in [0.29, 0.717) is 30.6 Å². The van der Waals surface area contributed by atoms with Crippen molar-refractivity contribution in [3.8, 4) is 11.8 Å². The molecule has 1 aromatic rings. The summed E-state index contributed by atoms with van der Waals surface area (Å²) < 4.78 is 5.48. The first-order chi connectivity index (χ1) is 16.4. The Labute approximate surface area is 212 Å². The lowest BCUT2D eigenvalue weighted by molar-refractivity contribution is -0.142. The van der Waals surface area contributed by atoms with Crippen molar-refractivity contribution in [1.82, 2.24) is 4.90 Å². The van der Waals surface area contributed by atoms with Crippen molar-refractivity contribution >= 4 is 34.8 Å². The van der Waals surface area contributed by atoms with Crippen LogP contribution in [0.2, 0.25) is 0 Å². The van der Waals surface area contributed by atoms with Gasteiger partial charge in [-0.15, -0.1) is 11.3 Å². The number of amides is 2. The van der Waals surface area contributed by atoms with E-state index in [1.807, 2.05) is 27.7 Å². The first-order valence-electron chi connectivity index (χ1n) is 12.5. The molecule has 8 heteroatoms. The molecule has 2 fully saturated rings. The summed E-state index contributed by atoms with van der Waals surface area (Å²) in [5.41, 5.74) is 0.0171. The zero-order valence-corrected chi connectivity index (χ0v) is 22.5. The van der Waals surface area contributed by atoms with E-state index in [2.05, 4.69) is 18.8 Å². The monoisotopic (exact) mass is 502 g/mol. The SMILES string of the molecule is CC1CCC(C(=O)N(c2cc(C#CC(C)(C)C)sc2C(=O)O)[C@@H](C)C(=O)N2CCOCC2C)CC1. The molecule has 0 bridgehead atoms. The van der Waals surface area contributed by atoms with Gasteiger partial charge in [0.1, 0.15) is 10.9 Å². The minimum absolute atomic E-state index is 0.0374. The lowest BCUT2D eigenvalue weighted by Gasteiger charge is -2.39. The number of carboxylic acid groups (broad SMARTS) is 1. The number of hydrogen-bond donors (Lipinski definition) is 1. The number of nitrogens with zero attached hydrogens (tertiary/aromatic N) is 2. The smallest absolute Gasteiger partial charge is 0.348 e. The summed E-state index contributed by atoms with van der Waals surface area (Å²) in [6.07, 6.45) is 3.39. The van der Waals surface area contributed by atoms with E-state index < -0.39 is 12.0 Å². The lowest BCUT2D eigenvalue weighted by atomic mass is 9.82. The van der Waals surface area contributed by atoms with Crippen molar-refractivity contribution < 1.29 is 24.2 Å². The molecule has 0 aromatic carbocycles. The standard InChI is InChI=1S/C27H38N2O5S/c1-17-7-9-20(10-8-17)25(31)29(19(3)24(30)28-13-14-34-16-18(28)2)22-15-21(11-12-27(4,5)6)35-23(22)26(32)33/h15,17-20H,7-10,13-14,16H2,1-6H3,(H,32,33)/t17?,18?,19-,20?/m0/s1. The maximum atomic E-state index is 13.9. The van der Waals surface area contributed by atoms with Gasteiger partial charge in [0.15, 0.2) is 0 Å². The van der Waals surface area contributed by atoms with Crippen LogP contribution in [-0.2, 0) is 14.3 Å². The average molecular weight is 503 g/mol. The van der Waals surface area contributed by atoms with Gasteiger partial charge in [-0.3, -0.25) is 14.5 Å². The van der Waals surface area contributed by atoms with Crippen molar-refractivity contribution in [2.24, 2.45) is 17.3 Å². The quantitative estimate of drug-likeness (QED) is 0.593. The van der Waals surface area contributed by atoms with Gasteiger partial charge in [-0.05, 0) is 72.3 Å². The van der Waals surface area contributed by atoms with E-state index in [1.54, 1.807) is 17.9 Å². The van der Waals surface area contributed by atoms with Gasteiger partial charge < -0.3 is 14.7 Å². The van der Waals surface area contributed by atoms with Crippen LogP contribution in [0.5, 0.6) is 0 Å². The molecule has 2 amide bonds. The fourth-order valence-corrected chi connectivity index (χ4v) is 5.49. The van der Waals surface area contributed by atoms with Gasteiger partial charge in [0.2, 0.25) is 11.8 Å². The average Bonchev–Trinajstić information content (AvgIpc) is 3.22. The zero-order valence-electron chi connectivity index (χ0n) is 21.7. The second-order valence-electron chi connectivity index (χ2n) is 10.9. The van der Waals surface area contributed by atoms with E-state index in [-0.39, 0.29) is 39.8 Å². The molecule has 3 rings (SSSR count). The Morgan fingerprint density at radius 1 is 1.20 bits per heavy atom. The highest BCUT2D eigenvalue weighted by Crippen LogP contribution is 2.36. The lowest BCUT2D eigenvalue weighted by Crippen LogP contribution is -2.56. The van der Waals surface area contributed by atoms with Crippen LogP contribution in [0.3, 0.4) is 0 Å². The third-order valence-corrected chi connectivity index (χ3v) is 7.75. The Balaban J connectivity index is 2.04. The Bertz CT molecular complexity index is 1010. The third-order valence-electron chi connectivity index (χ3n) is 6.72. The molecule has 1 N–H and O–H groups in total. The van der Waals surface area contributed by atoms with Crippen LogP contribution in [0, 0.1) is 29.1 Å². The summed E-state index contributed by atoms with van der Waals surface area (Å²) in [7, 11) is 0. The molecule has 7 nitrogen and oxygen atoms in total. The number of rotatable bonds is 5. The second kappa shape index (κ2) is 11.1.